The number of nitrogens with one attached hydrogen (secondary N) is 2. The zero-order valence-electron chi connectivity index (χ0n) is 16.4. The van der Waals surface area contributed by atoms with Crippen LogP contribution in [0.25, 0.3) is 11.0 Å². The summed E-state index contributed by atoms with van der Waals surface area (Å²) >= 11 is 0. The summed E-state index contributed by atoms with van der Waals surface area (Å²) in [6.45, 7) is 8.86. The lowest BCUT2D eigenvalue weighted by Gasteiger charge is -2.40. The number of piperazine rings is 1. The van der Waals surface area contributed by atoms with Crippen molar-refractivity contribution in [3.05, 3.63) is 54.4 Å². The van der Waals surface area contributed by atoms with E-state index in [0.717, 1.165) is 38.1 Å². The summed E-state index contributed by atoms with van der Waals surface area (Å²) in [4.78, 5) is 21.8. The first kappa shape index (κ1) is 18.4. The van der Waals surface area contributed by atoms with Crippen LogP contribution in [0, 0.1) is 0 Å². The van der Waals surface area contributed by atoms with Gasteiger partial charge in [-0.3, -0.25) is 14.8 Å². The van der Waals surface area contributed by atoms with Crippen molar-refractivity contribution >= 4 is 22.6 Å². The Balaban J connectivity index is 1.35. The first-order valence-electron chi connectivity index (χ1n) is 9.66. The molecule has 28 heavy (non-hydrogen) atoms. The van der Waals surface area contributed by atoms with Gasteiger partial charge >= 0.3 is 0 Å². The monoisotopic (exact) mass is 378 g/mol. The van der Waals surface area contributed by atoms with Crippen LogP contribution in [0.5, 0.6) is 0 Å². The first-order chi connectivity index (χ1) is 13.5. The van der Waals surface area contributed by atoms with Gasteiger partial charge in [-0.05, 0) is 38.1 Å². The Morgan fingerprint density at radius 2 is 1.86 bits per heavy atom. The number of aromatic amines is 1. The minimum Gasteiger partial charge on any atom is -0.369 e. The summed E-state index contributed by atoms with van der Waals surface area (Å²) in [7, 11) is 0. The van der Waals surface area contributed by atoms with Gasteiger partial charge in [-0.2, -0.15) is 5.10 Å². The second kappa shape index (κ2) is 7.59. The van der Waals surface area contributed by atoms with Gasteiger partial charge in [0.25, 0.3) is 5.91 Å². The Hall–Kier alpha value is -2.93. The van der Waals surface area contributed by atoms with E-state index >= 15 is 0 Å². The molecule has 0 atom stereocenters. The smallest absolute Gasteiger partial charge is 0.270 e. The van der Waals surface area contributed by atoms with Crippen molar-refractivity contribution in [3.63, 3.8) is 0 Å². The summed E-state index contributed by atoms with van der Waals surface area (Å²) in [6.07, 6.45) is 1.67. The maximum atomic E-state index is 12.8. The number of H-pyrrole nitrogens is 1. The Kier molecular flexibility index (Phi) is 5.00. The number of carbonyl (C=O) groups is 1. The fourth-order valence-electron chi connectivity index (χ4n) is 3.79. The van der Waals surface area contributed by atoms with E-state index in [1.165, 1.54) is 5.69 Å². The van der Waals surface area contributed by atoms with Crippen molar-refractivity contribution < 1.29 is 4.79 Å². The Bertz CT molecular complexity index is 944. The molecule has 4 rings (SSSR count). The maximum Gasteiger partial charge on any atom is 0.270 e. The predicted octanol–water partition coefficient (Wildman–Crippen LogP) is 2.29. The number of fused-ring (bicyclic) bond motifs is 1. The van der Waals surface area contributed by atoms with Gasteiger partial charge in [0, 0.05) is 50.1 Å². The third kappa shape index (κ3) is 3.99. The van der Waals surface area contributed by atoms with E-state index in [4.69, 9.17) is 0 Å². The predicted molar refractivity (Wildman–Crippen MR) is 111 cm³/mol. The van der Waals surface area contributed by atoms with Crippen molar-refractivity contribution in [2.75, 3.05) is 37.6 Å². The lowest BCUT2D eigenvalue weighted by atomic mass is 10.0. The number of amides is 1. The molecule has 2 aromatic heterocycles. The second-order valence-corrected chi connectivity index (χ2v) is 7.91. The maximum absolute atomic E-state index is 12.8. The van der Waals surface area contributed by atoms with Crippen molar-refractivity contribution in [2.24, 2.45) is 0 Å². The molecular weight excluding hydrogens is 352 g/mol. The number of nitrogens with zero attached hydrogens (tertiary/aromatic N) is 4. The number of carbonyl (C=O) groups excluding carboxylic acids is 1. The molecule has 1 aliphatic rings. The van der Waals surface area contributed by atoms with Crippen molar-refractivity contribution in [2.45, 2.75) is 19.4 Å². The molecule has 2 N–H and O–H groups in total. The van der Waals surface area contributed by atoms with E-state index in [1.54, 1.807) is 6.20 Å². The Morgan fingerprint density at radius 1 is 1.11 bits per heavy atom. The van der Waals surface area contributed by atoms with Gasteiger partial charge < -0.3 is 10.2 Å². The minimum atomic E-state index is -0.356. The summed E-state index contributed by atoms with van der Waals surface area (Å²) in [5.74, 6) is -0.150. The van der Waals surface area contributed by atoms with Crippen LogP contribution in [0.3, 0.4) is 0 Å². The third-order valence-corrected chi connectivity index (χ3v) is 5.12. The number of anilines is 1. The van der Waals surface area contributed by atoms with E-state index in [0.29, 0.717) is 11.3 Å². The van der Waals surface area contributed by atoms with Gasteiger partial charge in [-0.15, -0.1) is 0 Å². The average molecular weight is 378 g/mol. The highest BCUT2D eigenvalue weighted by Gasteiger charge is 2.28. The molecule has 7 heteroatoms. The largest absolute Gasteiger partial charge is 0.369 e. The van der Waals surface area contributed by atoms with Crippen molar-refractivity contribution in [1.29, 1.82) is 0 Å². The van der Waals surface area contributed by atoms with Crippen LogP contribution in [0.4, 0.5) is 5.69 Å². The van der Waals surface area contributed by atoms with Gasteiger partial charge in [0.05, 0.1) is 5.39 Å². The zero-order valence-corrected chi connectivity index (χ0v) is 16.4. The SMILES string of the molecule is CC(C)(CN1CCN(c2ccccc2)CC1)NC(=O)c1[nH]nc2ncccc12. The molecule has 0 unspecified atom stereocenters. The molecule has 0 spiro atoms. The van der Waals surface area contributed by atoms with Crippen LogP contribution in [0.2, 0.25) is 0 Å². The molecule has 1 amide bonds. The lowest BCUT2D eigenvalue weighted by molar-refractivity contribution is 0.0880. The number of para-hydroxylation sites is 1. The van der Waals surface area contributed by atoms with Gasteiger partial charge in [-0.1, -0.05) is 18.2 Å². The second-order valence-electron chi connectivity index (χ2n) is 7.91. The normalized spacial score (nSPS) is 15.7. The van der Waals surface area contributed by atoms with E-state index in [-0.39, 0.29) is 11.4 Å². The van der Waals surface area contributed by atoms with E-state index < -0.39 is 0 Å². The molecule has 7 nitrogen and oxygen atoms in total. The molecule has 3 heterocycles. The Morgan fingerprint density at radius 3 is 2.61 bits per heavy atom. The number of hydrogen-bond donors (Lipinski definition) is 2. The molecule has 0 radical (unpaired) electrons. The molecule has 3 aromatic rings. The van der Waals surface area contributed by atoms with Crippen molar-refractivity contribution in [3.8, 4) is 0 Å². The first-order valence-corrected chi connectivity index (χ1v) is 9.66. The summed E-state index contributed by atoms with van der Waals surface area (Å²) < 4.78 is 0. The van der Waals surface area contributed by atoms with Gasteiger partial charge in [0.2, 0.25) is 0 Å². The van der Waals surface area contributed by atoms with E-state index in [1.807, 2.05) is 18.2 Å². The number of aromatic nitrogens is 3. The minimum absolute atomic E-state index is 0.150. The molecule has 0 aliphatic carbocycles. The van der Waals surface area contributed by atoms with Gasteiger partial charge in [-0.25, -0.2) is 4.98 Å². The summed E-state index contributed by atoms with van der Waals surface area (Å²) in [5, 5.41) is 10.8. The van der Waals surface area contributed by atoms with Crippen molar-refractivity contribution in [1.82, 2.24) is 25.4 Å². The average Bonchev–Trinajstić information content (AvgIpc) is 3.13. The van der Waals surface area contributed by atoms with Crippen LogP contribution >= 0.6 is 0 Å². The fourth-order valence-corrected chi connectivity index (χ4v) is 3.79. The molecule has 146 valence electrons. The molecule has 1 fully saturated rings. The molecule has 1 aliphatic heterocycles. The highest BCUT2D eigenvalue weighted by atomic mass is 16.2. The molecule has 1 aromatic carbocycles. The van der Waals surface area contributed by atoms with Crippen LogP contribution in [-0.2, 0) is 0 Å². The lowest BCUT2D eigenvalue weighted by Crippen LogP contribution is -2.56. The highest BCUT2D eigenvalue weighted by molar-refractivity contribution is 6.04. The standard InChI is InChI=1S/C21H26N6O/c1-21(2,23-20(28)18-17-9-6-10-22-19(17)25-24-18)15-26-11-13-27(14-12-26)16-7-4-3-5-8-16/h3-10H,11-15H2,1-2H3,(H,23,28)(H,22,24,25). The summed E-state index contributed by atoms with van der Waals surface area (Å²) in [5.41, 5.74) is 1.94. The molecule has 1 saturated heterocycles. The van der Waals surface area contributed by atoms with E-state index in [2.05, 4.69) is 68.4 Å². The number of pyridine rings is 1. The highest BCUT2D eigenvalue weighted by Crippen LogP contribution is 2.18. The molecule has 0 saturated carbocycles. The number of hydrogen-bond acceptors (Lipinski definition) is 5. The van der Waals surface area contributed by atoms with Crippen LogP contribution in [-0.4, -0.2) is 64.3 Å². The topological polar surface area (TPSA) is 77.1 Å². The van der Waals surface area contributed by atoms with Gasteiger partial charge in [0.1, 0.15) is 5.69 Å². The van der Waals surface area contributed by atoms with Crippen LogP contribution < -0.4 is 10.2 Å². The number of benzene rings is 1. The fraction of sp³-hybridized carbons (Fsp3) is 0.381. The molecular formula is C21H26N6O. The molecule has 0 bridgehead atoms. The van der Waals surface area contributed by atoms with Crippen LogP contribution in [0.1, 0.15) is 24.3 Å². The quantitative estimate of drug-likeness (QED) is 0.712. The van der Waals surface area contributed by atoms with E-state index in [9.17, 15) is 4.79 Å². The summed E-state index contributed by atoms with van der Waals surface area (Å²) in [6, 6.07) is 14.2. The van der Waals surface area contributed by atoms with Gasteiger partial charge in [0.15, 0.2) is 5.65 Å². The third-order valence-electron chi connectivity index (χ3n) is 5.12. The Labute approximate surface area is 164 Å². The number of rotatable bonds is 5. The van der Waals surface area contributed by atoms with Crippen LogP contribution in [0.15, 0.2) is 48.7 Å². The zero-order chi connectivity index (χ0) is 19.6.